The van der Waals surface area contributed by atoms with Gasteiger partial charge in [0.1, 0.15) is 17.3 Å². The molecule has 0 radical (unpaired) electrons. The second-order valence-electron chi connectivity index (χ2n) is 11.0. The zero-order valence-electron chi connectivity index (χ0n) is 23.5. The molecule has 220 valence electrons. The van der Waals surface area contributed by atoms with Crippen LogP contribution in [0.15, 0.2) is 84.9 Å². The van der Waals surface area contributed by atoms with E-state index in [0.717, 1.165) is 40.1 Å². The van der Waals surface area contributed by atoms with Crippen LogP contribution < -0.4 is 20.3 Å². The first-order chi connectivity index (χ1) is 20.4. The fourth-order valence-electron chi connectivity index (χ4n) is 5.71. The number of para-hydroxylation sites is 4. The summed E-state index contributed by atoms with van der Waals surface area (Å²) in [5.41, 5.74) is 5.35. The molecule has 6 rings (SSSR count). The van der Waals surface area contributed by atoms with Crippen LogP contribution in [0.2, 0.25) is 0 Å². The highest BCUT2D eigenvalue weighted by molar-refractivity contribution is 6.03. The van der Waals surface area contributed by atoms with E-state index in [2.05, 4.69) is 29.2 Å². The third kappa shape index (κ3) is 5.29. The zero-order chi connectivity index (χ0) is 30.5. The van der Waals surface area contributed by atoms with Gasteiger partial charge in [-0.25, -0.2) is 9.78 Å². The first kappa shape index (κ1) is 28.0. The predicted molar refractivity (Wildman–Crippen MR) is 160 cm³/mol. The van der Waals surface area contributed by atoms with Gasteiger partial charge in [-0.05, 0) is 66.2 Å². The number of fused-ring (bicyclic) bond motifs is 2. The van der Waals surface area contributed by atoms with Crippen molar-refractivity contribution in [2.24, 2.45) is 7.05 Å². The normalized spacial score (nSPS) is 14.0. The quantitative estimate of drug-likeness (QED) is 0.194. The first-order valence-electron chi connectivity index (χ1n) is 13.5. The molecular weight excluding hydrogens is 559 g/mol. The molecule has 4 aromatic carbocycles. The minimum Gasteiger partial charge on any atom is -0.506 e. The SMILES string of the molecule is Cn1c(-c2ccc(O)c3c2C(C)(C)CN3c2ccccc2NC(=O)Nc2ccc(OC(F)(F)F)cc2)nc2ccccc21. The van der Waals surface area contributed by atoms with Gasteiger partial charge in [-0.15, -0.1) is 13.2 Å². The molecule has 1 aromatic heterocycles. The number of alkyl halides is 3. The second kappa shape index (κ2) is 10.3. The summed E-state index contributed by atoms with van der Waals surface area (Å²) < 4.78 is 43.3. The number of amides is 2. The number of phenols is 1. The molecule has 0 bridgehead atoms. The van der Waals surface area contributed by atoms with Crippen molar-refractivity contribution in [2.75, 3.05) is 22.1 Å². The third-order valence-corrected chi connectivity index (χ3v) is 7.47. The molecule has 8 nitrogen and oxygen atoms in total. The maximum Gasteiger partial charge on any atom is 0.573 e. The van der Waals surface area contributed by atoms with Crippen molar-refractivity contribution in [2.45, 2.75) is 25.6 Å². The molecule has 1 aliphatic rings. The molecule has 0 fully saturated rings. The standard InChI is InChI=1S/C32H28F3N5O3/c1-31(2)18-40(28-26(41)17-16-21(27(28)31)29-37-22-8-4-6-10-24(22)39(29)3)25-11-7-5-9-23(25)38-30(42)36-19-12-14-20(15-13-19)43-32(33,34)35/h4-17,41H,18H2,1-3H3,(H2,36,38,42). The van der Waals surface area contributed by atoms with Gasteiger partial charge in [0.25, 0.3) is 0 Å². The summed E-state index contributed by atoms with van der Waals surface area (Å²) in [6, 6.07) is 22.9. The van der Waals surface area contributed by atoms with Crippen LogP contribution in [0.5, 0.6) is 11.5 Å². The number of carbonyl (C=O) groups excluding carboxylic acids is 1. The lowest BCUT2D eigenvalue weighted by Crippen LogP contribution is -2.27. The van der Waals surface area contributed by atoms with Crippen molar-refractivity contribution in [3.05, 3.63) is 90.5 Å². The van der Waals surface area contributed by atoms with E-state index in [4.69, 9.17) is 4.98 Å². The summed E-state index contributed by atoms with van der Waals surface area (Å²) in [5, 5.41) is 16.7. The van der Waals surface area contributed by atoms with Gasteiger partial charge in [0.2, 0.25) is 0 Å². The van der Waals surface area contributed by atoms with E-state index in [0.29, 0.717) is 23.6 Å². The Hall–Kier alpha value is -5.19. The van der Waals surface area contributed by atoms with Crippen LogP contribution in [-0.2, 0) is 12.5 Å². The van der Waals surface area contributed by atoms with Crippen molar-refractivity contribution in [3.63, 3.8) is 0 Å². The Morgan fingerprint density at radius 1 is 0.953 bits per heavy atom. The number of aromatic nitrogens is 2. The summed E-state index contributed by atoms with van der Waals surface area (Å²) in [6.07, 6.45) is -4.81. The number of imidazole rings is 1. The number of aryl methyl sites for hydroxylation is 1. The number of phenolic OH excluding ortho intramolecular Hbond substituents is 1. The molecule has 0 saturated carbocycles. The number of urea groups is 1. The number of benzene rings is 4. The van der Waals surface area contributed by atoms with E-state index in [9.17, 15) is 23.1 Å². The fourth-order valence-corrected chi connectivity index (χ4v) is 5.71. The monoisotopic (exact) mass is 587 g/mol. The lowest BCUT2D eigenvalue weighted by molar-refractivity contribution is -0.274. The number of carbonyl (C=O) groups is 1. The van der Waals surface area contributed by atoms with Crippen molar-refractivity contribution >= 4 is 39.8 Å². The topological polar surface area (TPSA) is 91.7 Å². The van der Waals surface area contributed by atoms with Crippen LogP contribution in [0, 0.1) is 0 Å². The highest BCUT2D eigenvalue weighted by atomic mass is 19.4. The van der Waals surface area contributed by atoms with Crippen molar-refractivity contribution in [3.8, 4) is 22.9 Å². The van der Waals surface area contributed by atoms with Crippen molar-refractivity contribution in [1.29, 1.82) is 0 Å². The van der Waals surface area contributed by atoms with E-state index >= 15 is 0 Å². The van der Waals surface area contributed by atoms with Crippen LogP contribution in [0.25, 0.3) is 22.4 Å². The van der Waals surface area contributed by atoms with Gasteiger partial charge in [0.15, 0.2) is 0 Å². The number of nitrogens with zero attached hydrogens (tertiary/aromatic N) is 3. The van der Waals surface area contributed by atoms with Crippen molar-refractivity contribution < 1.29 is 27.8 Å². The van der Waals surface area contributed by atoms with Gasteiger partial charge < -0.3 is 29.9 Å². The van der Waals surface area contributed by atoms with E-state index in [1.807, 2.05) is 59.0 Å². The van der Waals surface area contributed by atoms with E-state index in [-0.39, 0.29) is 11.4 Å². The van der Waals surface area contributed by atoms with Crippen LogP contribution in [-0.4, -0.2) is 33.6 Å². The number of rotatable bonds is 5. The molecule has 0 aliphatic carbocycles. The molecular formula is C32H28F3N5O3. The van der Waals surface area contributed by atoms with Crippen LogP contribution in [0.4, 0.5) is 40.7 Å². The van der Waals surface area contributed by atoms with E-state index in [1.165, 1.54) is 12.1 Å². The Morgan fingerprint density at radius 3 is 2.37 bits per heavy atom. The van der Waals surface area contributed by atoms with Gasteiger partial charge in [0, 0.05) is 30.3 Å². The number of halogens is 3. The Morgan fingerprint density at radius 2 is 1.65 bits per heavy atom. The largest absolute Gasteiger partial charge is 0.573 e. The molecule has 3 N–H and O–H groups in total. The minimum atomic E-state index is -4.81. The van der Waals surface area contributed by atoms with Crippen LogP contribution in [0.1, 0.15) is 19.4 Å². The van der Waals surface area contributed by atoms with Gasteiger partial charge in [-0.2, -0.15) is 0 Å². The Balaban J connectivity index is 1.32. The van der Waals surface area contributed by atoms with Crippen LogP contribution >= 0.6 is 0 Å². The fraction of sp³-hybridized carbons (Fsp3) is 0.188. The van der Waals surface area contributed by atoms with Gasteiger partial charge in [-0.1, -0.05) is 38.1 Å². The molecule has 2 heterocycles. The second-order valence-corrected chi connectivity index (χ2v) is 11.0. The van der Waals surface area contributed by atoms with E-state index < -0.39 is 23.6 Å². The van der Waals surface area contributed by atoms with E-state index in [1.54, 1.807) is 18.2 Å². The number of hydrogen-bond acceptors (Lipinski definition) is 5. The summed E-state index contributed by atoms with van der Waals surface area (Å²) in [7, 11) is 1.97. The highest BCUT2D eigenvalue weighted by Crippen LogP contribution is 2.53. The molecule has 0 unspecified atom stereocenters. The Labute approximate surface area is 245 Å². The van der Waals surface area contributed by atoms with Gasteiger partial charge in [-0.3, -0.25) is 0 Å². The third-order valence-electron chi connectivity index (χ3n) is 7.47. The number of anilines is 4. The first-order valence-corrected chi connectivity index (χ1v) is 13.5. The van der Waals surface area contributed by atoms with Gasteiger partial charge in [0.05, 0.1) is 28.1 Å². The lowest BCUT2D eigenvalue weighted by atomic mass is 9.83. The molecule has 0 atom stereocenters. The molecule has 0 spiro atoms. The molecule has 1 aliphatic heterocycles. The summed E-state index contributed by atoms with van der Waals surface area (Å²) >= 11 is 0. The van der Waals surface area contributed by atoms with Crippen molar-refractivity contribution in [1.82, 2.24) is 9.55 Å². The smallest absolute Gasteiger partial charge is 0.506 e. The summed E-state index contributed by atoms with van der Waals surface area (Å²) in [6.45, 7) is 4.72. The number of nitrogens with one attached hydrogen (secondary N) is 2. The zero-order valence-corrected chi connectivity index (χ0v) is 23.5. The number of aromatic hydroxyl groups is 1. The molecule has 2 amide bonds. The number of hydrogen-bond donors (Lipinski definition) is 3. The summed E-state index contributed by atoms with van der Waals surface area (Å²) in [5.74, 6) is 0.491. The number of ether oxygens (including phenoxy) is 1. The average molecular weight is 588 g/mol. The Bertz CT molecular complexity index is 1850. The maximum atomic E-state index is 13.0. The predicted octanol–water partition coefficient (Wildman–Crippen LogP) is 7.92. The van der Waals surface area contributed by atoms with Gasteiger partial charge >= 0.3 is 12.4 Å². The van der Waals surface area contributed by atoms with Crippen LogP contribution in [0.3, 0.4) is 0 Å². The lowest BCUT2D eigenvalue weighted by Gasteiger charge is -2.25. The minimum absolute atomic E-state index is 0.100. The molecule has 0 saturated heterocycles. The highest BCUT2D eigenvalue weighted by Gasteiger charge is 2.41. The summed E-state index contributed by atoms with van der Waals surface area (Å²) in [4.78, 5) is 19.8. The molecule has 43 heavy (non-hydrogen) atoms. The molecule has 5 aromatic rings. The average Bonchev–Trinajstić information content (AvgIpc) is 3.43. The molecule has 11 heteroatoms. The Kier molecular flexibility index (Phi) is 6.67. The maximum absolute atomic E-state index is 13.0.